The van der Waals surface area contributed by atoms with Crippen LogP contribution in [0.3, 0.4) is 0 Å². The number of benzene rings is 2. The average Bonchev–Trinajstić information content (AvgIpc) is 3.27. The van der Waals surface area contributed by atoms with Gasteiger partial charge in [0.1, 0.15) is 11.6 Å². The van der Waals surface area contributed by atoms with Gasteiger partial charge in [-0.05, 0) is 61.0 Å². The third kappa shape index (κ3) is 5.77. The lowest BCUT2D eigenvalue weighted by Crippen LogP contribution is -2.21. The number of nitrogens with zero attached hydrogens (tertiary/aromatic N) is 4. The predicted molar refractivity (Wildman–Crippen MR) is 149 cm³/mol. The van der Waals surface area contributed by atoms with Gasteiger partial charge in [-0.3, -0.25) is 13.5 Å². The maximum Gasteiger partial charge on any atom is 0.387 e. The summed E-state index contributed by atoms with van der Waals surface area (Å²) in [7, 11) is -0.764. The van der Waals surface area contributed by atoms with Gasteiger partial charge in [0.2, 0.25) is 5.88 Å². The van der Waals surface area contributed by atoms with Gasteiger partial charge in [-0.2, -0.15) is 22.2 Å². The first kappa shape index (κ1) is 28.2. The Kier molecular flexibility index (Phi) is 7.74. The van der Waals surface area contributed by atoms with E-state index in [4.69, 9.17) is 4.74 Å². The third-order valence-electron chi connectivity index (χ3n) is 6.55. The van der Waals surface area contributed by atoms with E-state index in [2.05, 4.69) is 18.9 Å². The van der Waals surface area contributed by atoms with E-state index < -0.39 is 22.3 Å². The number of pyridine rings is 2. The number of fused-ring (bicyclic) bond motifs is 2. The smallest absolute Gasteiger partial charge is 0.387 e. The highest BCUT2D eigenvalue weighted by Gasteiger charge is 2.18. The lowest BCUT2D eigenvalue weighted by atomic mass is 10.0. The molecule has 13 heteroatoms. The van der Waals surface area contributed by atoms with Crippen molar-refractivity contribution < 1.29 is 30.9 Å². The van der Waals surface area contributed by atoms with Crippen molar-refractivity contribution in [2.24, 2.45) is 7.05 Å². The highest BCUT2D eigenvalue weighted by atomic mass is 32.2. The fourth-order valence-electron chi connectivity index (χ4n) is 4.55. The number of ether oxygens (including phenoxy) is 2. The maximum atomic E-state index is 14.0. The summed E-state index contributed by atoms with van der Waals surface area (Å²) in [5, 5.41) is 0.645. The Morgan fingerprint density at radius 3 is 2.44 bits per heavy atom. The molecule has 0 spiro atoms. The van der Waals surface area contributed by atoms with Crippen LogP contribution >= 0.6 is 0 Å². The van der Waals surface area contributed by atoms with E-state index >= 15 is 0 Å². The van der Waals surface area contributed by atoms with E-state index in [1.165, 1.54) is 28.8 Å². The molecule has 0 atom stereocenters. The second kappa shape index (κ2) is 11.3. The number of aryl methyl sites for hydroxylation is 2. The zero-order valence-electron chi connectivity index (χ0n) is 22.4. The van der Waals surface area contributed by atoms with Gasteiger partial charge in [0.15, 0.2) is 5.65 Å². The second-order valence-electron chi connectivity index (χ2n) is 9.04. The third-order valence-corrected chi connectivity index (χ3v) is 7.76. The molecule has 214 valence electrons. The van der Waals surface area contributed by atoms with Gasteiger partial charge in [-0.1, -0.05) is 6.07 Å². The normalized spacial score (nSPS) is 12.0. The Labute approximate surface area is 233 Å². The number of aromatic nitrogens is 4. The second-order valence-corrected chi connectivity index (χ2v) is 10.9. The molecule has 0 bridgehead atoms. The van der Waals surface area contributed by atoms with Gasteiger partial charge in [0.05, 0.1) is 36.2 Å². The van der Waals surface area contributed by atoms with Gasteiger partial charge in [0.25, 0.3) is 15.7 Å². The van der Waals surface area contributed by atoms with Crippen molar-refractivity contribution in [3.8, 4) is 28.4 Å². The summed E-state index contributed by atoms with van der Waals surface area (Å²) in [5.41, 5.74) is 2.64. The molecule has 0 saturated carbocycles. The van der Waals surface area contributed by atoms with E-state index in [1.54, 1.807) is 41.9 Å². The van der Waals surface area contributed by atoms with Crippen LogP contribution in [0.1, 0.15) is 12.7 Å². The largest absolute Gasteiger partial charge is 0.478 e. The molecule has 2 aromatic carbocycles. The van der Waals surface area contributed by atoms with Crippen LogP contribution in [0.4, 0.5) is 8.78 Å². The van der Waals surface area contributed by atoms with Gasteiger partial charge < -0.3 is 14.0 Å². The van der Waals surface area contributed by atoms with E-state index in [0.717, 1.165) is 7.11 Å². The van der Waals surface area contributed by atoms with Crippen LogP contribution in [-0.4, -0.2) is 53.6 Å². The molecule has 3 heterocycles. The van der Waals surface area contributed by atoms with Crippen molar-refractivity contribution in [1.82, 2.24) is 19.1 Å². The van der Waals surface area contributed by atoms with Crippen LogP contribution in [0.5, 0.6) is 11.6 Å². The molecule has 0 aliphatic carbocycles. The minimum atomic E-state index is -3.65. The van der Waals surface area contributed by atoms with Crippen LogP contribution in [0.25, 0.3) is 38.9 Å². The fraction of sp³-hybridized carbons (Fsp3) is 0.250. The Morgan fingerprint density at radius 1 is 1.00 bits per heavy atom. The van der Waals surface area contributed by atoms with Crippen molar-refractivity contribution in [3.63, 3.8) is 0 Å². The summed E-state index contributed by atoms with van der Waals surface area (Å²) in [4.78, 5) is 23.1. The van der Waals surface area contributed by atoms with E-state index in [1.807, 2.05) is 13.0 Å². The zero-order chi connectivity index (χ0) is 29.3. The lowest BCUT2D eigenvalue weighted by Gasteiger charge is -2.14. The molecule has 3 aromatic heterocycles. The topological polar surface area (TPSA) is 115 Å². The SMILES string of the molecule is CCOc1ccc2cc(-c3ccc4nc(CCS(=O)(=O)OC)n(C)c4c3)c(=O)n(-c3ccc(OC(F)F)cc3)c2n1. The summed E-state index contributed by atoms with van der Waals surface area (Å²) in [5.74, 6) is 0.613. The van der Waals surface area contributed by atoms with E-state index in [9.17, 15) is 22.0 Å². The van der Waals surface area contributed by atoms with Crippen LogP contribution in [-0.2, 0) is 27.8 Å². The molecule has 0 unspecified atom stereocenters. The van der Waals surface area contributed by atoms with E-state index in [0.29, 0.717) is 57.2 Å². The van der Waals surface area contributed by atoms with Crippen LogP contribution < -0.4 is 15.0 Å². The minimum absolute atomic E-state index is 0.0454. The molecule has 5 aromatic rings. The van der Waals surface area contributed by atoms with Crippen molar-refractivity contribution >= 4 is 32.2 Å². The van der Waals surface area contributed by atoms with Crippen molar-refractivity contribution in [1.29, 1.82) is 0 Å². The van der Waals surface area contributed by atoms with Crippen LogP contribution in [0.15, 0.2) is 65.5 Å². The number of imidazole rings is 1. The standard InChI is InChI=1S/C28H26F2N4O6S/c1-4-39-25-12-6-18-15-21(27(35)34(26(18)32-25)19-7-9-20(10-8-19)40-28(29)30)17-5-11-22-23(16-17)33(2)24(31-22)13-14-41(36,37)38-3/h5-12,15-16,28H,4,13-14H2,1-3H3. The monoisotopic (exact) mass is 584 g/mol. The Bertz CT molecular complexity index is 1900. The van der Waals surface area contributed by atoms with Gasteiger partial charge >= 0.3 is 6.61 Å². The number of hydrogen-bond acceptors (Lipinski definition) is 8. The van der Waals surface area contributed by atoms with Crippen molar-refractivity contribution in [2.75, 3.05) is 19.5 Å². The molecule has 0 saturated heterocycles. The quantitative estimate of drug-likeness (QED) is 0.221. The summed E-state index contributed by atoms with van der Waals surface area (Å²) in [6.45, 7) is -0.778. The van der Waals surface area contributed by atoms with Crippen LogP contribution in [0.2, 0.25) is 0 Å². The highest BCUT2D eigenvalue weighted by Crippen LogP contribution is 2.28. The summed E-state index contributed by atoms with van der Waals surface area (Å²) >= 11 is 0. The van der Waals surface area contributed by atoms with Gasteiger partial charge in [-0.15, -0.1) is 0 Å². The Hall–Kier alpha value is -4.36. The fourth-order valence-corrected chi connectivity index (χ4v) is 5.15. The first-order valence-corrected chi connectivity index (χ1v) is 14.2. The van der Waals surface area contributed by atoms with Gasteiger partial charge in [-0.25, -0.2) is 4.98 Å². The van der Waals surface area contributed by atoms with Gasteiger partial charge in [0, 0.05) is 30.5 Å². The summed E-state index contributed by atoms with van der Waals surface area (Å²) < 4.78 is 66.7. The molecule has 0 amide bonds. The molecule has 0 aliphatic heterocycles. The maximum absolute atomic E-state index is 14.0. The first-order chi connectivity index (χ1) is 19.6. The molecular weight excluding hydrogens is 558 g/mol. The number of hydrogen-bond donors (Lipinski definition) is 0. The average molecular weight is 585 g/mol. The molecule has 0 N–H and O–H groups in total. The Balaban J connectivity index is 1.65. The number of halogens is 2. The molecule has 41 heavy (non-hydrogen) atoms. The summed E-state index contributed by atoms with van der Waals surface area (Å²) in [6, 6.07) is 16.3. The highest BCUT2D eigenvalue weighted by molar-refractivity contribution is 7.86. The number of alkyl halides is 2. The van der Waals surface area contributed by atoms with Crippen molar-refractivity contribution in [3.05, 3.63) is 76.8 Å². The first-order valence-electron chi connectivity index (χ1n) is 12.6. The molecular formula is C28H26F2N4O6S. The molecule has 0 fully saturated rings. The predicted octanol–water partition coefficient (Wildman–Crippen LogP) is 4.46. The summed E-state index contributed by atoms with van der Waals surface area (Å²) in [6.07, 6.45) is 0.151. The number of rotatable bonds is 10. The Morgan fingerprint density at radius 2 is 1.76 bits per heavy atom. The molecule has 0 radical (unpaired) electrons. The zero-order valence-corrected chi connectivity index (χ0v) is 23.2. The molecule has 5 rings (SSSR count). The molecule has 0 aliphatic rings. The van der Waals surface area contributed by atoms with E-state index in [-0.39, 0.29) is 17.9 Å². The van der Waals surface area contributed by atoms with Crippen molar-refractivity contribution in [2.45, 2.75) is 20.0 Å². The molecule has 10 nitrogen and oxygen atoms in total. The van der Waals surface area contributed by atoms with Crippen LogP contribution in [0, 0.1) is 0 Å². The lowest BCUT2D eigenvalue weighted by molar-refractivity contribution is -0.0498. The minimum Gasteiger partial charge on any atom is -0.478 e.